The molecular weight excluding hydrogens is 476 g/mol. The van der Waals surface area contributed by atoms with Gasteiger partial charge < -0.3 is 9.30 Å². The summed E-state index contributed by atoms with van der Waals surface area (Å²) in [6.07, 6.45) is 0.703. The van der Waals surface area contributed by atoms with Crippen molar-refractivity contribution in [2.24, 2.45) is 10.9 Å². The maximum Gasteiger partial charge on any atom is 0.356 e. The van der Waals surface area contributed by atoms with E-state index in [0.29, 0.717) is 34.9 Å². The molecule has 0 unspecified atom stereocenters. The third kappa shape index (κ3) is 6.02. The van der Waals surface area contributed by atoms with Crippen molar-refractivity contribution in [3.8, 4) is 0 Å². The molecule has 0 radical (unpaired) electrons. The fraction of sp³-hybridized carbons (Fsp3) is 0.292. The highest BCUT2D eigenvalue weighted by atomic mass is 79.9. The molecule has 3 rings (SSSR count). The van der Waals surface area contributed by atoms with Crippen molar-refractivity contribution in [3.05, 3.63) is 85.6 Å². The summed E-state index contributed by atoms with van der Waals surface area (Å²) in [4.78, 5) is 31.5. The Morgan fingerprint density at radius 2 is 1.77 bits per heavy atom. The molecule has 0 saturated carbocycles. The molecule has 0 aliphatic heterocycles. The Labute approximate surface area is 194 Å². The topological polar surface area (TPSA) is 60.7 Å². The molecule has 2 aromatic carbocycles. The number of thiazole rings is 1. The molecule has 0 bridgehead atoms. The Bertz CT molecular complexity index is 1120. The van der Waals surface area contributed by atoms with Gasteiger partial charge in [0.25, 0.3) is 5.91 Å². The van der Waals surface area contributed by atoms with Gasteiger partial charge in [0.15, 0.2) is 4.80 Å². The maximum atomic E-state index is 12.9. The third-order valence-corrected chi connectivity index (χ3v) is 6.14. The van der Waals surface area contributed by atoms with E-state index in [1.54, 1.807) is 31.2 Å². The van der Waals surface area contributed by atoms with Crippen LogP contribution in [0.15, 0.2) is 64.1 Å². The van der Waals surface area contributed by atoms with Gasteiger partial charge in [-0.3, -0.25) is 4.79 Å². The summed E-state index contributed by atoms with van der Waals surface area (Å²) >= 11 is 4.83. The Morgan fingerprint density at radius 3 is 2.39 bits per heavy atom. The van der Waals surface area contributed by atoms with Crippen molar-refractivity contribution >= 4 is 39.1 Å². The average molecular weight is 501 g/mol. The fourth-order valence-electron chi connectivity index (χ4n) is 3.13. The van der Waals surface area contributed by atoms with Crippen molar-refractivity contribution in [1.82, 2.24) is 4.57 Å². The van der Waals surface area contributed by atoms with Crippen LogP contribution >= 0.6 is 27.3 Å². The van der Waals surface area contributed by atoms with Gasteiger partial charge in [-0.05, 0) is 49.1 Å². The largest absolute Gasteiger partial charge is 0.461 e. The molecule has 1 aromatic heterocycles. The van der Waals surface area contributed by atoms with Gasteiger partial charge in [-0.15, -0.1) is 11.3 Å². The first-order valence-electron chi connectivity index (χ1n) is 10.2. The summed E-state index contributed by atoms with van der Waals surface area (Å²) in [5.74, 6) is -0.385. The van der Waals surface area contributed by atoms with Gasteiger partial charge in [0.1, 0.15) is 5.69 Å². The van der Waals surface area contributed by atoms with Crippen molar-refractivity contribution in [3.63, 3.8) is 0 Å². The lowest BCUT2D eigenvalue weighted by atomic mass is 10.1. The summed E-state index contributed by atoms with van der Waals surface area (Å²) < 4.78 is 8.15. The highest BCUT2D eigenvalue weighted by Crippen LogP contribution is 2.21. The minimum Gasteiger partial charge on any atom is -0.461 e. The molecule has 5 nitrogen and oxygen atoms in total. The highest BCUT2D eigenvalue weighted by Gasteiger charge is 2.23. The predicted octanol–water partition coefficient (Wildman–Crippen LogP) is 5.48. The number of hydrogen-bond donors (Lipinski definition) is 0. The number of hydrogen-bond acceptors (Lipinski definition) is 4. The molecule has 162 valence electrons. The zero-order valence-corrected chi connectivity index (χ0v) is 20.2. The molecule has 31 heavy (non-hydrogen) atoms. The molecule has 0 aliphatic carbocycles. The van der Waals surface area contributed by atoms with E-state index in [4.69, 9.17) is 4.74 Å². The molecule has 0 N–H and O–H groups in total. The van der Waals surface area contributed by atoms with Crippen molar-refractivity contribution in [2.45, 2.75) is 33.7 Å². The van der Waals surface area contributed by atoms with Crippen molar-refractivity contribution in [1.29, 1.82) is 0 Å². The maximum absolute atomic E-state index is 12.9. The van der Waals surface area contributed by atoms with Crippen molar-refractivity contribution in [2.75, 3.05) is 6.61 Å². The lowest BCUT2D eigenvalue weighted by molar-refractivity contribution is 0.0512. The van der Waals surface area contributed by atoms with E-state index in [1.807, 2.05) is 34.9 Å². The smallest absolute Gasteiger partial charge is 0.356 e. The second-order valence-corrected chi connectivity index (χ2v) is 9.45. The number of carbonyl (C=O) groups excluding carboxylic acids is 2. The number of nitrogens with zero attached hydrogens (tertiary/aromatic N) is 2. The predicted molar refractivity (Wildman–Crippen MR) is 126 cm³/mol. The molecule has 1 heterocycles. The molecule has 7 heteroatoms. The number of carbonyl (C=O) groups is 2. The standard InChI is InChI=1S/C24H25BrN2O3S/c1-4-30-23(29)21-20(14-16(2)3)31-24(26-22(28)18-8-6-5-7-9-18)27(21)15-17-10-12-19(25)13-11-17/h5-13,16H,4,14-15H2,1-3H3. The van der Waals surface area contributed by atoms with Crippen LogP contribution in [-0.2, 0) is 17.7 Å². The Morgan fingerprint density at radius 1 is 1.10 bits per heavy atom. The molecule has 0 saturated heterocycles. The quantitative estimate of drug-likeness (QED) is 0.403. The molecule has 0 spiro atoms. The van der Waals surface area contributed by atoms with Gasteiger partial charge >= 0.3 is 5.97 Å². The molecule has 0 atom stereocenters. The van der Waals surface area contributed by atoms with Crippen LogP contribution in [0, 0.1) is 5.92 Å². The molecular formula is C24H25BrN2O3S. The van der Waals surface area contributed by atoms with Gasteiger partial charge in [0.05, 0.1) is 13.2 Å². The number of aromatic nitrogens is 1. The monoisotopic (exact) mass is 500 g/mol. The van der Waals surface area contributed by atoms with Crippen LogP contribution in [0.1, 0.15) is 52.1 Å². The number of esters is 1. The second kappa shape index (κ2) is 10.7. The minimum atomic E-state index is -0.389. The van der Waals surface area contributed by atoms with Crippen LogP contribution in [0.4, 0.5) is 0 Å². The van der Waals surface area contributed by atoms with Gasteiger partial charge in [0, 0.05) is 14.9 Å². The third-order valence-electron chi connectivity index (χ3n) is 4.51. The van der Waals surface area contributed by atoms with Crippen molar-refractivity contribution < 1.29 is 14.3 Å². The molecule has 1 amide bonds. The van der Waals surface area contributed by atoms with Gasteiger partial charge in [-0.1, -0.05) is 60.1 Å². The lowest BCUT2D eigenvalue weighted by Crippen LogP contribution is -2.23. The summed E-state index contributed by atoms with van der Waals surface area (Å²) in [6.45, 7) is 6.68. The number of halogens is 1. The van der Waals surface area contributed by atoms with Crippen LogP contribution < -0.4 is 4.80 Å². The van der Waals surface area contributed by atoms with E-state index in [9.17, 15) is 9.59 Å². The van der Waals surface area contributed by atoms with E-state index in [0.717, 1.165) is 14.9 Å². The number of ether oxygens (including phenoxy) is 1. The second-order valence-electron chi connectivity index (χ2n) is 7.47. The average Bonchev–Trinajstić information content (AvgIpc) is 3.06. The van der Waals surface area contributed by atoms with Gasteiger partial charge in [-0.2, -0.15) is 4.99 Å². The van der Waals surface area contributed by atoms with Gasteiger partial charge in [-0.25, -0.2) is 4.79 Å². The molecule has 0 fully saturated rings. The highest BCUT2D eigenvalue weighted by molar-refractivity contribution is 9.10. The van der Waals surface area contributed by atoms with Crippen LogP contribution in [0.25, 0.3) is 0 Å². The summed E-state index contributed by atoms with van der Waals surface area (Å²) in [5, 5.41) is 0. The Hall–Kier alpha value is -2.51. The van der Waals surface area contributed by atoms with Gasteiger partial charge in [0.2, 0.25) is 0 Å². The van der Waals surface area contributed by atoms with E-state index in [1.165, 1.54) is 11.3 Å². The van der Waals surface area contributed by atoms with Crippen LogP contribution in [0.2, 0.25) is 0 Å². The zero-order chi connectivity index (χ0) is 22.4. The first kappa shape index (κ1) is 23.2. The summed E-state index contributed by atoms with van der Waals surface area (Å²) in [5.41, 5.74) is 1.98. The first-order chi connectivity index (χ1) is 14.9. The molecule has 0 aliphatic rings. The first-order valence-corrected chi connectivity index (χ1v) is 11.8. The van der Waals surface area contributed by atoms with Crippen LogP contribution in [0.5, 0.6) is 0 Å². The van der Waals surface area contributed by atoms with Crippen LogP contribution in [0.3, 0.4) is 0 Å². The number of benzene rings is 2. The lowest BCUT2D eigenvalue weighted by Gasteiger charge is -2.11. The number of rotatable bonds is 7. The minimum absolute atomic E-state index is 0.281. The van der Waals surface area contributed by atoms with E-state index < -0.39 is 0 Å². The SMILES string of the molecule is CCOC(=O)c1c(CC(C)C)sc(=NC(=O)c2ccccc2)n1Cc1ccc(Br)cc1. The zero-order valence-electron chi connectivity index (χ0n) is 17.8. The van der Waals surface area contributed by atoms with E-state index >= 15 is 0 Å². The Balaban J connectivity index is 2.17. The normalized spacial score (nSPS) is 11.7. The Kier molecular flexibility index (Phi) is 7.98. The molecule has 3 aromatic rings. The van der Waals surface area contributed by atoms with Crippen LogP contribution in [-0.4, -0.2) is 23.1 Å². The summed E-state index contributed by atoms with van der Waals surface area (Å²) in [6, 6.07) is 16.8. The fourth-order valence-corrected chi connectivity index (χ4v) is 4.71. The van der Waals surface area contributed by atoms with E-state index in [-0.39, 0.29) is 18.5 Å². The number of amides is 1. The summed E-state index contributed by atoms with van der Waals surface area (Å²) in [7, 11) is 0. The van der Waals surface area contributed by atoms with E-state index in [2.05, 4.69) is 34.8 Å².